The number of hydrogen-bond acceptors (Lipinski definition) is 8. The third-order valence-corrected chi connectivity index (χ3v) is 3.23. The zero-order chi connectivity index (χ0) is 16.0. The molecule has 21 heavy (non-hydrogen) atoms. The van der Waals surface area contributed by atoms with E-state index >= 15 is 0 Å². The number of aromatic nitrogens is 2. The highest BCUT2D eigenvalue weighted by atomic mass is 16.6. The lowest BCUT2D eigenvalue weighted by Crippen LogP contribution is -2.28. The van der Waals surface area contributed by atoms with Gasteiger partial charge in [-0.3, -0.25) is 15.5 Å². The maximum absolute atomic E-state index is 11.1. The maximum atomic E-state index is 11.1. The van der Waals surface area contributed by atoms with Crippen molar-refractivity contribution >= 4 is 17.5 Å². The molecule has 1 heterocycles. The van der Waals surface area contributed by atoms with E-state index in [2.05, 4.69) is 39.5 Å². The van der Waals surface area contributed by atoms with Gasteiger partial charge in [0.05, 0.1) is 4.92 Å². The molecule has 1 aromatic rings. The van der Waals surface area contributed by atoms with Crippen molar-refractivity contribution in [3.8, 4) is 0 Å². The number of hydrazine groups is 1. The summed E-state index contributed by atoms with van der Waals surface area (Å²) in [5.74, 6) is 5.60. The Morgan fingerprint density at radius 1 is 1.43 bits per heavy atom. The van der Waals surface area contributed by atoms with Gasteiger partial charge in [0.2, 0.25) is 11.8 Å². The van der Waals surface area contributed by atoms with Crippen LogP contribution in [-0.4, -0.2) is 46.0 Å². The minimum absolute atomic E-state index is 0.119. The number of nitrogens with one attached hydrogen (secondary N) is 2. The number of rotatable bonds is 8. The zero-order valence-electron chi connectivity index (χ0n) is 12.9. The smallest absolute Gasteiger partial charge is 0.332 e. The summed E-state index contributed by atoms with van der Waals surface area (Å²) in [4.78, 5) is 20.7. The molecule has 0 atom stereocenters. The van der Waals surface area contributed by atoms with Crippen LogP contribution in [0, 0.1) is 17.0 Å². The van der Waals surface area contributed by atoms with E-state index in [-0.39, 0.29) is 23.1 Å². The first-order valence-electron chi connectivity index (χ1n) is 6.80. The lowest BCUT2D eigenvalue weighted by molar-refractivity contribution is -0.385. The summed E-state index contributed by atoms with van der Waals surface area (Å²) >= 11 is 0. The van der Waals surface area contributed by atoms with Gasteiger partial charge in [0.25, 0.3) is 0 Å². The second-order valence-corrected chi connectivity index (χ2v) is 5.09. The maximum Gasteiger partial charge on any atom is 0.332 e. The second-order valence-electron chi connectivity index (χ2n) is 5.09. The van der Waals surface area contributed by atoms with Gasteiger partial charge in [0.15, 0.2) is 0 Å². The lowest BCUT2D eigenvalue weighted by atomic mass is 10.3. The summed E-state index contributed by atoms with van der Waals surface area (Å²) in [6.45, 7) is 7.26. The van der Waals surface area contributed by atoms with Gasteiger partial charge in [-0.2, -0.15) is 4.98 Å². The van der Waals surface area contributed by atoms with E-state index < -0.39 is 4.92 Å². The molecule has 0 saturated heterocycles. The van der Waals surface area contributed by atoms with Crippen molar-refractivity contribution < 1.29 is 4.92 Å². The summed E-state index contributed by atoms with van der Waals surface area (Å²) in [5, 5.41) is 14.1. The van der Waals surface area contributed by atoms with E-state index in [0.717, 1.165) is 13.0 Å². The Bertz CT molecular complexity index is 493. The van der Waals surface area contributed by atoms with Gasteiger partial charge in [-0.15, -0.1) is 0 Å². The molecule has 0 amide bonds. The predicted molar refractivity (Wildman–Crippen MR) is 82.1 cm³/mol. The van der Waals surface area contributed by atoms with E-state index in [1.165, 1.54) is 0 Å². The van der Waals surface area contributed by atoms with Crippen LogP contribution >= 0.6 is 0 Å². The lowest BCUT2D eigenvalue weighted by Gasteiger charge is -2.20. The molecule has 0 aliphatic heterocycles. The van der Waals surface area contributed by atoms with Gasteiger partial charge < -0.3 is 10.2 Å². The van der Waals surface area contributed by atoms with Gasteiger partial charge >= 0.3 is 5.69 Å². The molecule has 1 aromatic heterocycles. The van der Waals surface area contributed by atoms with E-state index in [0.29, 0.717) is 12.6 Å². The van der Waals surface area contributed by atoms with Gasteiger partial charge in [0.1, 0.15) is 5.69 Å². The standard InChI is InChI=1S/C12H23N7O2/c1-8(2)18(4)7-5-6-14-11-10(19(20)21)9(3)15-12(16-11)17-13/h8H,5-7,13H2,1-4H3,(H2,14,15,16,17). The molecule has 0 aromatic carbocycles. The van der Waals surface area contributed by atoms with Crippen molar-refractivity contribution in [2.45, 2.75) is 33.2 Å². The van der Waals surface area contributed by atoms with Crippen LogP contribution in [0.25, 0.3) is 0 Å². The summed E-state index contributed by atoms with van der Waals surface area (Å²) < 4.78 is 0. The van der Waals surface area contributed by atoms with Gasteiger partial charge in [0, 0.05) is 12.6 Å². The molecule has 0 bridgehead atoms. The summed E-state index contributed by atoms with van der Waals surface area (Å²) in [5.41, 5.74) is 2.45. The van der Waals surface area contributed by atoms with Crippen LogP contribution in [0.2, 0.25) is 0 Å². The molecular formula is C12H23N7O2. The molecule has 9 heteroatoms. The third kappa shape index (κ3) is 4.80. The average Bonchev–Trinajstić information content (AvgIpc) is 2.41. The summed E-state index contributed by atoms with van der Waals surface area (Å²) in [6, 6.07) is 0.466. The number of nitrogens with zero attached hydrogens (tertiary/aromatic N) is 4. The van der Waals surface area contributed by atoms with Crippen LogP contribution < -0.4 is 16.6 Å². The monoisotopic (exact) mass is 297 g/mol. The van der Waals surface area contributed by atoms with Crippen LogP contribution in [0.1, 0.15) is 26.0 Å². The van der Waals surface area contributed by atoms with Crippen LogP contribution in [0.3, 0.4) is 0 Å². The number of anilines is 2. The van der Waals surface area contributed by atoms with E-state index in [4.69, 9.17) is 5.84 Å². The molecule has 0 saturated carbocycles. The minimum atomic E-state index is -0.488. The SMILES string of the molecule is Cc1nc(NN)nc(NCCCN(C)C(C)C)c1[N+](=O)[O-]. The number of nitrogen functional groups attached to an aromatic ring is 1. The number of hydrogen-bond donors (Lipinski definition) is 3. The van der Waals surface area contributed by atoms with Crippen molar-refractivity contribution in [3.63, 3.8) is 0 Å². The van der Waals surface area contributed by atoms with Crippen molar-refractivity contribution in [2.24, 2.45) is 5.84 Å². The average molecular weight is 297 g/mol. The van der Waals surface area contributed by atoms with Crippen molar-refractivity contribution in [3.05, 3.63) is 15.8 Å². The molecule has 118 valence electrons. The highest BCUT2D eigenvalue weighted by molar-refractivity contribution is 5.60. The molecule has 4 N–H and O–H groups in total. The molecule has 0 aliphatic carbocycles. The predicted octanol–water partition coefficient (Wildman–Crippen LogP) is 1.12. The quantitative estimate of drug-likeness (QED) is 0.282. The van der Waals surface area contributed by atoms with Crippen molar-refractivity contribution in [1.29, 1.82) is 0 Å². The van der Waals surface area contributed by atoms with E-state index in [1.807, 2.05) is 7.05 Å². The number of nitrogens with two attached hydrogens (primary N) is 1. The minimum Gasteiger partial charge on any atom is -0.364 e. The molecule has 0 fully saturated rings. The zero-order valence-corrected chi connectivity index (χ0v) is 12.9. The Morgan fingerprint density at radius 3 is 2.62 bits per heavy atom. The molecule has 1 rings (SSSR count). The van der Waals surface area contributed by atoms with Crippen molar-refractivity contribution in [1.82, 2.24) is 14.9 Å². The molecule has 0 radical (unpaired) electrons. The molecule has 0 unspecified atom stereocenters. The van der Waals surface area contributed by atoms with Crippen LogP contribution in [0.5, 0.6) is 0 Å². The Kier molecular flexibility index (Phi) is 6.25. The highest BCUT2D eigenvalue weighted by Gasteiger charge is 2.21. The fourth-order valence-electron chi connectivity index (χ4n) is 1.77. The topological polar surface area (TPSA) is 122 Å². The largest absolute Gasteiger partial charge is 0.364 e. The Labute approximate surface area is 124 Å². The van der Waals surface area contributed by atoms with Gasteiger partial charge in [-0.25, -0.2) is 10.8 Å². The van der Waals surface area contributed by atoms with Gasteiger partial charge in [-0.05, 0) is 40.8 Å². The van der Waals surface area contributed by atoms with E-state index in [1.54, 1.807) is 6.92 Å². The Hall–Kier alpha value is -2.00. The van der Waals surface area contributed by atoms with Gasteiger partial charge in [-0.1, -0.05) is 0 Å². The Morgan fingerprint density at radius 2 is 2.10 bits per heavy atom. The Balaban J connectivity index is 2.73. The fraction of sp³-hybridized carbons (Fsp3) is 0.667. The summed E-state index contributed by atoms with van der Waals surface area (Å²) in [7, 11) is 2.04. The first-order chi connectivity index (χ1) is 9.86. The first-order valence-corrected chi connectivity index (χ1v) is 6.80. The van der Waals surface area contributed by atoms with E-state index in [9.17, 15) is 10.1 Å². The normalized spacial score (nSPS) is 11.0. The van der Waals surface area contributed by atoms with Crippen LogP contribution in [0.15, 0.2) is 0 Å². The van der Waals surface area contributed by atoms with Crippen molar-refractivity contribution in [2.75, 3.05) is 30.9 Å². The molecule has 0 spiro atoms. The molecule has 0 aliphatic rings. The molecule has 9 nitrogen and oxygen atoms in total. The van der Waals surface area contributed by atoms with Crippen LogP contribution in [-0.2, 0) is 0 Å². The highest BCUT2D eigenvalue weighted by Crippen LogP contribution is 2.26. The third-order valence-electron chi connectivity index (χ3n) is 3.23. The molecular weight excluding hydrogens is 274 g/mol. The summed E-state index contributed by atoms with van der Waals surface area (Å²) in [6.07, 6.45) is 0.847. The second kappa shape index (κ2) is 7.70. The fourth-order valence-corrected chi connectivity index (χ4v) is 1.77. The van der Waals surface area contributed by atoms with Crippen LogP contribution in [0.4, 0.5) is 17.5 Å². The number of aryl methyl sites for hydroxylation is 1. The first kappa shape index (κ1) is 17.1. The number of nitro groups is 1.